The summed E-state index contributed by atoms with van der Waals surface area (Å²) in [5.74, 6) is 0.0673. The molecule has 1 unspecified atom stereocenters. The summed E-state index contributed by atoms with van der Waals surface area (Å²) in [4.78, 5) is 26.0. The zero-order chi connectivity index (χ0) is 17.3. The molecule has 1 aromatic heterocycles. The fourth-order valence-corrected chi connectivity index (χ4v) is 3.31. The molecule has 1 aliphatic rings. The van der Waals surface area contributed by atoms with Crippen LogP contribution < -0.4 is 9.47 Å². The zero-order valence-corrected chi connectivity index (χ0v) is 14.1. The predicted octanol–water partition coefficient (Wildman–Crippen LogP) is 2.73. The predicted molar refractivity (Wildman–Crippen MR) is 89.9 cm³/mol. The number of benzene rings is 1. The van der Waals surface area contributed by atoms with Crippen molar-refractivity contribution in [2.75, 3.05) is 20.3 Å². The standard InChI is InChI=1S/C17H17NO5S/c1-10(17(20)21)18(2)16(19)15-6-5-14(24-15)11-3-4-12-13(9-11)23-8-7-22-12/h3-6,9-10H,7-8H2,1-2H3,(H,20,21). The van der Waals surface area contributed by atoms with E-state index in [-0.39, 0.29) is 5.91 Å². The van der Waals surface area contributed by atoms with Gasteiger partial charge >= 0.3 is 5.97 Å². The van der Waals surface area contributed by atoms with E-state index in [2.05, 4.69) is 0 Å². The molecule has 0 radical (unpaired) electrons. The molecule has 1 aliphatic heterocycles. The molecule has 1 amide bonds. The average Bonchev–Trinajstić information content (AvgIpc) is 3.09. The van der Waals surface area contributed by atoms with E-state index in [0.29, 0.717) is 29.6 Å². The normalized spacial score (nSPS) is 14.1. The van der Waals surface area contributed by atoms with Gasteiger partial charge in [-0.2, -0.15) is 0 Å². The first-order chi connectivity index (χ1) is 11.5. The van der Waals surface area contributed by atoms with E-state index in [1.165, 1.54) is 30.2 Å². The van der Waals surface area contributed by atoms with E-state index < -0.39 is 12.0 Å². The Morgan fingerprint density at radius 3 is 2.58 bits per heavy atom. The molecule has 0 bridgehead atoms. The van der Waals surface area contributed by atoms with Crippen LogP contribution in [0.4, 0.5) is 0 Å². The minimum atomic E-state index is -1.03. The van der Waals surface area contributed by atoms with Gasteiger partial charge in [0.15, 0.2) is 11.5 Å². The lowest BCUT2D eigenvalue weighted by atomic mass is 10.1. The number of fused-ring (bicyclic) bond motifs is 1. The van der Waals surface area contributed by atoms with E-state index in [4.69, 9.17) is 14.6 Å². The number of rotatable bonds is 4. The van der Waals surface area contributed by atoms with Gasteiger partial charge in [-0.1, -0.05) is 0 Å². The Kier molecular flexibility index (Phi) is 4.44. The number of carboxylic acid groups (broad SMARTS) is 1. The number of likely N-dealkylation sites (N-methyl/N-ethyl adjacent to an activating group) is 1. The molecule has 0 saturated carbocycles. The summed E-state index contributed by atoms with van der Waals surface area (Å²) in [6.07, 6.45) is 0. The maximum atomic E-state index is 12.4. The number of thiophene rings is 1. The first-order valence-corrected chi connectivity index (χ1v) is 8.29. The third-order valence-corrected chi connectivity index (χ3v) is 5.02. The molecule has 7 heteroatoms. The summed E-state index contributed by atoms with van der Waals surface area (Å²) in [7, 11) is 1.49. The number of carboxylic acids is 1. The van der Waals surface area contributed by atoms with Crippen molar-refractivity contribution in [3.8, 4) is 21.9 Å². The van der Waals surface area contributed by atoms with Crippen molar-refractivity contribution in [3.05, 3.63) is 35.2 Å². The number of carbonyl (C=O) groups excluding carboxylic acids is 1. The molecule has 1 aromatic carbocycles. The third kappa shape index (κ3) is 3.07. The first-order valence-electron chi connectivity index (χ1n) is 7.47. The summed E-state index contributed by atoms with van der Waals surface area (Å²) >= 11 is 1.32. The molecule has 2 heterocycles. The molecule has 1 N–H and O–H groups in total. The summed E-state index contributed by atoms with van der Waals surface area (Å²) in [6, 6.07) is 8.34. The Bertz CT molecular complexity index is 785. The highest BCUT2D eigenvalue weighted by molar-refractivity contribution is 7.17. The van der Waals surface area contributed by atoms with Gasteiger partial charge in [-0.15, -0.1) is 11.3 Å². The van der Waals surface area contributed by atoms with Crippen molar-refractivity contribution in [2.24, 2.45) is 0 Å². The topological polar surface area (TPSA) is 76.1 Å². The molecule has 126 valence electrons. The molecule has 24 heavy (non-hydrogen) atoms. The molecule has 1 atom stereocenters. The van der Waals surface area contributed by atoms with Crippen LogP contribution in [-0.2, 0) is 4.79 Å². The van der Waals surface area contributed by atoms with Gasteiger partial charge in [-0.3, -0.25) is 4.79 Å². The van der Waals surface area contributed by atoms with Crippen LogP contribution in [-0.4, -0.2) is 48.2 Å². The molecule has 2 aromatic rings. The number of aliphatic carboxylic acids is 1. The highest BCUT2D eigenvalue weighted by atomic mass is 32.1. The third-order valence-electron chi connectivity index (χ3n) is 3.90. The van der Waals surface area contributed by atoms with E-state index in [0.717, 1.165) is 10.4 Å². The lowest BCUT2D eigenvalue weighted by Crippen LogP contribution is -2.39. The molecule has 0 spiro atoms. The minimum Gasteiger partial charge on any atom is -0.486 e. The number of nitrogens with zero attached hydrogens (tertiary/aromatic N) is 1. The Balaban J connectivity index is 1.83. The summed E-state index contributed by atoms with van der Waals surface area (Å²) in [6.45, 7) is 2.54. The van der Waals surface area contributed by atoms with Gasteiger partial charge in [0, 0.05) is 11.9 Å². The highest BCUT2D eigenvalue weighted by Crippen LogP contribution is 2.37. The van der Waals surface area contributed by atoms with Gasteiger partial charge in [-0.05, 0) is 42.8 Å². The van der Waals surface area contributed by atoms with E-state index in [1.54, 1.807) is 6.07 Å². The average molecular weight is 347 g/mol. The van der Waals surface area contributed by atoms with Gasteiger partial charge in [-0.25, -0.2) is 4.79 Å². The maximum absolute atomic E-state index is 12.4. The van der Waals surface area contributed by atoms with Crippen LogP contribution in [0.25, 0.3) is 10.4 Å². The van der Waals surface area contributed by atoms with Crippen LogP contribution in [0, 0.1) is 0 Å². The second-order valence-corrected chi connectivity index (χ2v) is 6.54. The van der Waals surface area contributed by atoms with Crippen LogP contribution >= 0.6 is 11.3 Å². The lowest BCUT2D eigenvalue weighted by Gasteiger charge is -2.20. The highest BCUT2D eigenvalue weighted by Gasteiger charge is 2.24. The van der Waals surface area contributed by atoms with E-state index in [1.807, 2.05) is 24.3 Å². The van der Waals surface area contributed by atoms with Crippen molar-refractivity contribution in [2.45, 2.75) is 13.0 Å². The van der Waals surface area contributed by atoms with Crippen LogP contribution in [0.5, 0.6) is 11.5 Å². The maximum Gasteiger partial charge on any atom is 0.326 e. The second-order valence-electron chi connectivity index (χ2n) is 5.45. The SMILES string of the molecule is CC(C(=O)O)N(C)C(=O)c1ccc(-c2ccc3c(c2)OCCO3)s1. The Labute approximate surface area is 143 Å². The van der Waals surface area contributed by atoms with Gasteiger partial charge in [0.05, 0.1) is 4.88 Å². The van der Waals surface area contributed by atoms with Gasteiger partial charge in [0.2, 0.25) is 0 Å². The Morgan fingerprint density at radius 2 is 1.88 bits per heavy atom. The molecule has 3 rings (SSSR count). The van der Waals surface area contributed by atoms with Crippen LogP contribution in [0.1, 0.15) is 16.6 Å². The zero-order valence-electron chi connectivity index (χ0n) is 13.3. The van der Waals surface area contributed by atoms with Crippen molar-refractivity contribution in [3.63, 3.8) is 0 Å². The quantitative estimate of drug-likeness (QED) is 0.920. The number of hydrogen-bond donors (Lipinski definition) is 1. The smallest absolute Gasteiger partial charge is 0.326 e. The molecular weight excluding hydrogens is 330 g/mol. The van der Waals surface area contributed by atoms with Crippen LogP contribution in [0.15, 0.2) is 30.3 Å². The fourth-order valence-electron chi connectivity index (χ4n) is 2.32. The van der Waals surface area contributed by atoms with Crippen molar-refractivity contribution in [1.82, 2.24) is 4.90 Å². The number of hydrogen-bond acceptors (Lipinski definition) is 5. The summed E-state index contributed by atoms with van der Waals surface area (Å²) in [5, 5.41) is 9.03. The van der Waals surface area contributed by atoms with Crippen molar-refractivity contribution < 1.29 is 24.2 Å². The van der Waals surface area contributed by atoms with E-state index in [9.17, 15) is 9.59 Å². The molecule has 0 saturated heterocycles. The monoisotopic (exact) mass is 347 g/mol. The largest absolute Gasteiger partial charge is 0.486 e. The van der Waals surface area contributed by atoms with Gasteiger partial charge in [0.25, 0.3) is 5.91 Å². The molecule has 6 nitrogen and oxygen atoms in total. The van der Waals surface area contributed by atoms with Crippen LogP contribution in [0.3, 0.4) is 0 Å². The van der Waals surface area contributed by atoms with E-state index >= 15 is 0 Å². The van der Waals surface area contributed by atoms with Crippen molar-refractivity contribution >= 4 is 23.2 Å². The summed E-state index contributed by atoms with van der Waals surface area (Å²) < 4.78 is 11.1. The molecular formula is C17H17NO5S. The lowest BCUT2D eigenvalue weighted by molar-refractivity contribution is -0.141. The Morgan fingerprint density at radius 1 is 1.17 bits per heavy atom. The molecule has 0 fully saturated rings. The Hall–Kier alpha value is -2.54. The summed E-state index contributed by atoms with van der Waals surface area (Å²) in [5.41, 5.74) is 0.928. The van der Waals surface area contributed by atoms with Gasteiger partial charge < -0.3 is 19.5 Å². The van der Waals surface area contributed by atoms with Gasteiger partial charge in [0.1, 0.15) is 19.3 Å². The van der Waals surface area contributed by atoms with Crippen LogP contribution in [0.2, 0.25) is 0 Å². The van der Waals surface area contributed by atoms with Crippen molar-refractivity contribution in [1.29, 1.82) is 0 Å². The first kappa shape index (κ1) is 16.3. The number of amides is 1. The number of carbonyl (C=O) groups is 2. The molecule has 0 aliphatic carbocycles. The fraction of sp³-hybridized carbons (Fsp3) is 0.294. The number of ether oxygens (including phenoxy) is 2. The minimum absolute atomic E-state index is 0.307. The second kappa shape index (κ2) is 6.52.